The maximum Gasteiger partial charge on any atom is 0.273 e. The van der Waals surface area contributed by atoms with E-state index in [1.165, 1.54) is 12.5 Å². The Morgan fingerprint density at radius 1 is 1.45 bits per heavy atom. The third kappa shape index (κ3) is 5.71. The van der Waals surface area contributed by atoms with Crippen LogP contribution < -0.4 is 10.6 Å². The first-order valence-corrected chi connectivity index (χ1v) is 7.08. The van der Waals surface area contributed by atoms with Gasteiger partial charge in [0, 0.05) is 18.2 Å². The van der Waals surface area contributed by atoms with Crippen LogP contribution in [0.1, 0.15) is 56.3 Å². The van der Waals surface area contributed by atoms with E-state index in [1.54, 1.807) is 0 Å². The molecule has 1 aromatic rings. The summed E-state index contributed by atoms with van der Waals surface area (Å²) < 4.78 is 4.77. The normalized spacial score (nSPS) is 11.6. The molecule has 1 rings (SSSR count). The molecule has 1 aromatic heterocycles. The first-order valence-electron chi connectivity index (χ1n) is 7.08. The maximum atomic E-state index is 11.8. The first-order chi connectivity index (χ1) is 9.48. The molecule has 0 bridgehead atoms. The fourth-order valence-electron chi connectivity index (χ4n) is 1.77. The molecule has 0 unspecified atom stereocenters. The number of aromatic nitrogens is 1. The molecule has 0 aliphatic rings. The van der Waals surface area contributed by atoms with Gasteiger partial charge in [-0.1, -0.05) is 18.5 Å². The predicted molar refractivity (Wildman–Crippen MR) is 76.4 cm³/mol. The summed E-state index contributed by atoms with van der Waals surface area (Å²) in [5.41, 5.74) is 0.188. The van der Waals surface area contributed by atoms with Crippen LogP contribution in [0.15, 0.2) is 10.6 Å². The van der Waals surface area contributed by atoms with Crippen molar-refractivity contribution in [2.24, 2.45) is 0 Å². The summed E-state index contributed by atoms with van der Waals surface area (Å²) >= 11 is 0. The van der Waals surface area contributed by atoms with Crippen LogP contribution in [-0.4, -0.2) is 34.8 Å². The van der Waals surface area contributed by atoms with Crippen molar-refractivity contribution in [3.05, 3.63) is 17.5 Å². The second kappa shape index (κ2) is 8.01. The summed E-state index contributed by atoms with van der Waals surface area (Å²) in [7, 11) is 0. The van der Waals surface area contributed by atoms with Crippen LogP contribution in [-0.2, 0) is 6.61 Å². The molecule has 0 saturated carbocycles. The third-order valence-electron chi connectivity index (χ3n) is 3.12. The van der Waals surface area contributed by atoms with E-state index in [-0.39, 0.29) is 29.5 Å². The van der Waals surface area contributed by atoms with Gasteiger partial charge in [0.05, 0.1) is 0 Å². The number of aliphatic hydroxyl groups excluding tert-OH is 1. The molecule has 114 valence electrons. The van der Waals surface area contributed by atoms with Gasteiger partial charge in [-0.15, -0.1) is 0 Å². The third-order valence-corrected chi connectivity index (χ3v) is 3.12. The molecule has 0 aliphatic carbocycles. The van der Waals surface area contributed by atoms with Gasteiger partial charge in [-0.3, -0.25) is 4.79 Å². The lowest BCUT2D eigenvalue weighted by atomic mass is 10.0. The standard InChI is InChI=1S/C14H25N3O3/c1-4-5-7-16-14(2,3)6-8-15-13(19)12-9-11(10-18)20-17-12/h9,16,18H,4-8,10H2,1-3H3,(H,15,19). The molecule has 0 aromatic carbocycles. The van der Waals surface area contributed by atoms with Crippen molar-refractivity contribution in [3.63, 3.8) is 0 Å². The number of hydrogen-bond donors (Lipinski definition) is 3. The number of hydrogen-bond acceptors (Lipinski definition) is 5. The lowest BCUT2D eigenvalue weighted by Gasteiger charge is -2.26. The summed E-state index contributed by atoms with van der Waals surface area (Å²) in [6, 6.07) is 1.44. The van der Waals surface area contributed by atoms with Crippen LogP contribution in [0.5, 0.6) is 0 Å². The van der Waals surface area contributed by atoms with E-state index in [9.17, 15) is 4.79 Å². The van der Waals surface area contributed by atoms with Crippen LogP contribution in [0.4, 0.5) is 0 Å². The van der Waals surface area contributed by atoms with E-state index < -0.39 is 0 Å². The lowest BCUT2D eigenvalue weighted by molar-refractivity contribution is 0.0941. The zero-order valence-corrected chi connectivity index (χ0v) is 12.5. The Balaban J connectivity index is 2.30. The van der Waals surface area contributed by atoms with Gasteiger partial charge in [-0.2, -0.15) is 0 Å². The molecular formula is C14H25N3O3. The summed E-state index contributed by atoms with van der Waals surface area (Å²) in [6.45, 7) is 7.69. The van der Waals surface area contributed by atoms with Crippen LogP contribution in [0.2, 0.25) is 0 Å². The summed E-state index contributed by atoms with van der Waals surface area (Å²) in [6.07, 6.45) is 3.14. The molecule has 3 N–H and O–H groups in total. The van der Waals surface area contributed by atoms with E-state index >= 15 is 0 Å². The Kier molecular flexibility index (Phi) is 6.67. The highest BCUT2D eigenvalue weighted by Gasteiger charge is 2.17. The van der Waals surface area contributed by atoms with Crippen LogP contribution in [0.25, 0.3) is 0 Å². The molecular weight excluding hydrogens is 258 g/mol. The molecule has 0 saturated heterocycles. The summed E-state index contributed by atoms with van der Waals surface area (Å²) in [5, 5.41) is 18.7. The minimum Gasteiger partial charge on any atom is -0.388 e. The SMILES string of the molecule is CCCCNC(C)(C)CCNC(=O)c1cc(CO)on1. The summed E-state index contributed by atoms with van der Waals surface area (Å²) in [5.74, 6) is 0.00882. The van der Waals surface area contributed by atoms with Gasteiger partial charge < -0.3 is 20.3 Å². The Hall–Kier alpha value is -1.40. The van der Waals surface area contributed by atoms with Crippen molar-refractivity contribution in [1.29, 1.82) is 0 Å². The van der Waals surface area contributed by atoms with E-state index in [2.05, 4.69) is 36.6 Å². The Morgan fingerprint density at radius 2 is 2.20 bits per heavy atom. The van der Waals surface area contributed by atoms with Crippen molar-refractivity contribution in [2.45, 2.75) is 52.2 Å². The zero-order valence-electron chi connectivity index (χ0n) is 12.5. The van der Waals surface area contributed by atoms with Crippen molar-refractivity contribution in [1.82, 2.24) is 15.8 Å². The minimum absolute atomic E-state index is 0.0114. The number of unbranched alkanes of at least 4 members (excludes halogenated alkanes) is 1. The van der Waals surface area contributed by atoms with Gasteiger partial charge in [0.25, 0.3) is 5.91 Å². The van der Waals surface area contributed by atoms with Gasteiger partial charge in [-0.25, -0.2) is 0 Å². The highest BCUT2D eigenvalue weighted by atomic mass is 16.5. The van der Waals surface area contributed by atoms with Crippen LogP contribution >= 0.6 is 0 Å². The quantitative estimate of drug-likeness (QED) is 0.597. The Bertz CT molecular complexity index is 416. The monoisotopic (exact) mass is 283 g/mol. The maximum absolute atomic E-state index is 11.8. The van der Waals surface area contributed by atoms with Gasteiger partial charge in [0.1, 0.15) is 6.61 Å². The van der Waals surface area contributed by atoms with Gasteiger partial charge in [0.2, 0.25) is 0 Å². The minimum atomic E-state index is -0.280. The average Bonchev–Trinajstić information content (AvgIpc) is 2.87. The molecule has 0 radical (unpaired) electrons. The molecule has 0 fully saturated rings. The first kappa shape index (κ1) is 16.7. The van der Waals surface area contributed by atoms with E-state index in [1.807, 2.05) is 0 Å². The number of nitrogens with zero attached hydrogens (tertiary/aromatic N) is 1. The second-order valence-corrected chi connectivity index (χ2v) is 5.51. The smallest absolute Gasteiger partial charge is 0.273 e. The average molecular weight is 283 g/mol. The van der Waals surface area contributed by atoms with E-state index in [4.69, 9.17) is 9.63 Å². The van der Waals surface area contributed by atoms with Crippen molar-refractivity contribution in [3.8, 4) is 0 Å². The topological polar surface area (TPSA) is 87.4 Å². The largest absolute Gasteiger partial charge is 0.388 e. The highest BCUT2D eigenvalue weighted by Crippen LogP contribution is 2.08. The molecule has 20 heavy (non-hydrogen) atoms. The summed E-state index contributed by atoms with van der Waals surface area (Å²) in [4.78, 5) is 11.8. The van der Waals surface area contributed by atoms with Gasteiger partial charge >= 0.3 is 0 Å². The molecule has 0 spiro atoms. The van der Waals surface area contributed by atoms with E-state index in [0.717, 1.165) is 19.4 Å². The fraction of sp³-hybridized carbons (Fsp3) is 0.714. The molecule has 0 aliphatic heterocycles. The predicted octanol–water partition coefficient (Wildman–Crippen LogP) is 1.46. The van der Waals surface area contributed by atoms with Gasteiger partial charge in [0.15, 0.2) is 11.5 Å². The molecule has 1 heterocycles. The second-order valence-electron chi connectivity index (χ2n) is 5.51. The lowest BCUT2D eigenvalue weighted by Crippen LogP contribution is -2.42. The number of rotatable bonds is 9. The molecule has 0 atom stereocenters. The van der Waals surface area contributed by atoms with Gasteiger partial charge in [-0.05, 0) is 33.2 Å². The van der Waals surface area contributed by atoms with Crippen LogP contribution in [0.3, 0.4) is 0 Å². The highest BCUT2D eigenvalue weighted by molar-refractivity contribution is 5.92. The number of aliphatic hydroxyl groups is 1. The van der Waals surface area contributed by atoms with Crippen LogP contribution in [0, 0.1) is 0 Å². The van der Waals surface area contributed by atoms with Crippen molar-refractivity contribution in [2.75, 3.05) is 13.1 Å². The Morgan fingerprint density at radius 3 is 2.80 bits per heavy atom. The number of nitrogens with one attached hydrogen (secondary N) is 2. The molecule has 6 heteroatoms. The molecule has 6 nitrogen and oxygen atoms in total. The van der Waals surface area contributed by atoms with Crippen molar-refractivity contribution >= 4 is 5.91 Å². The Labute approximate surface area is 119 Å². The number of carbonyl (C=O) groups excluding carboxylic acids is 1. The zero-order chi connectivity index (χ0) is 15.0. The van der Waals surface area contributed by atoms with E-state index in [0.29, 0.717) is 6.54 Å². The number of carbonyl (C=O) groups is 1. The fourth-order valence-corrected chi connectivity index (χ4v) is 1.77. The number of amides is 1. The van der Waals surface area contributed by atoms with Crippen molar-refractivity contribution < 1.29 is 14.4 Å². The molecule has 1 amide bonds.